The first-order valence-electron chi connectivity index (χ1n) is 7.34. The highest BCUT2D eigenvalue weighted by Gasteiger charge is 2.15. The quantitative estimate of drug-likeness (QED) is 0.415. The van der Waals surface area contributed by atoms with Crippen LogP contribution in [0, 0.1) is 6.57 Å². The van der Waals surface area contributed by atoms with Gasteiger partial charge >= 0.3 is 0 Å². The normalized spacial score (nSPS) is 10.2. The number of hydrogen-bond acceptors (Lipinski definition) is 1. The first kappa shape index (κ1) is 16.5. The predicted octanol–water partition coefficient (Wildman–Crippen LogP) is 4.12. The number of amides is 1. The molecule has 0 spiro atoms. The van der Waals surface area contributed by atoms with Gasteiger partial charge in [-0.05, 0) is 40.1 Å². The number of rotatable bonds is 2. The highest BCUT2D eigenvalue weighted by atomic mass is 35.5. The zero-order valence-electron chi connectivity index (χ0n) is 13.0. The third kappa shape index (κ3) is 3.16. The summed E-state index contributed by atoms with van der Waals surface area (Å²) in [5.41, 5.74) is 12.7. The van der Waals surface area contributed by atoms with Gasteiger partial charge in [0.2, 0.25) is 0 Å². The summed E-state index contributed by atoms with van der Waals surface area (Å²) in [5.74, 6) is -0.841. The average molecular weight is 349 g/mol. The molecule has 122 valence electrons. The van der Waals surface area contributed by atoms with Gasteiger partial charge in [0, 0.05) is 10.6 Å². The molecule has 0 aliphatic rings. The van der Waals surface area contributed by atoms with Gasteiger partial charge in [0.05, 0.1) is 6.57 Å². The van der Waals surface area contributed by atoms with E-state index in [0.29, 0.717) is 21.8 Å². The summed E-state index contributed by atoms with van der Waals surface area (Å²) < 4.78 is 0. The first-order chi connectivity index (χ1) is 12.0. The Morgan fingerprint density at radius 1 is 1.08 bits per heavy atom. The van der Waals surface area contributed by atoms with Crippen molar-refractivity contribution in [3.8, 4) is 11.1 Å². The number of nitrogens with zero attached hydrogens (tertiary/aromatic N) is 2. The Bertz CT molecular complexity index is 1060. The highest BCUT2D eigenvalue weighted by molar-refractivity contribution is 6.34. The molecule has 3 rings (SSSR count). The Labute approximate surface area is 149 Å². The molecule has 0 unspecified atom stereocenters. The van der Waals surface area contributed by atoms with Crippen LogP contribution in [0.1, 0.15) is 10.4 Å². The SMILES string of the molecule is [C-]#[N+]c1ccc2ccc(C(=O)N=C(N)N)cc2c1-c1ccccc1Cl. The van der Waals surface area contributed by atoms with Crippen molar-refractivity contribution < 1.29 is 4.79 Å². The Hall–Kier alpha value is -3.36. The molecule has 0 atom stereocenters. The molecule has 3 aromatic rings. The molecule has 0 bridgehead atoms. The van der Waals surface area contributed by atoms with Gasteiger partial charge in [-0.15, -0.1) is 0 Å². The molecule has 0 aliphatic carbocycles. The number of benzene rings is 3. The van der Waals surface area contributed by atoms with Gasteiger partial charge in [0.1, 0.15) is 0 Å². The maximum absolute atomic E-state index is 12.1. The van der Waals surface area contributed by atoms with Crippen LogP contribution in [-0.4, -0.2) is 11.9 Å². The second kappa shape index (κ2) is 6.63. The van der Waals surface area contributed by atoms with E-state index in [4.69, 9.17) is 29.6 Å². The third-order valence-corrected chi connectivity index (χ3v) is 4.07. The van der Waals surface area contributed by atoms with E-state index in [1.54, 1.807) is 30.3 Å². The fourth-order valence-electron chi connectivity index (χ4n) is 2.66. The van der Waals surface area contributed by atoms with Crippen LogP contribution in [0.2, 0.25) is 5.02 Å². The first-order valence-corrected chi connectivity index (χ1v) is 7.72. The summed E-state index contributed by atoms with van der Waals surface area (Å²) in [6, 6.07) is 16.0. The second-order valence-corrected chi connectivity index (χ2v) is 5.74. The minimum atomic E-state index is -0.541. The Kier molecular flexibility index (Phi) is 4.38. The molecule has 0 saturated heterocycles. The van der Waals surface area contributed by atoms with Crippen LogP contribution in [0.4, 0.5) is 5.69 Å². The van der Waals surface area contributed by atoms with E-state index in [2.05, 4.69) is 9.84 Å². The van der Waals surface area contributed by atoms with Crippen molar-refractivity contribution in [1.29, 1.82) is 0 Å². The van der Waals surface area contributed by atoms with E-state index in [1.165, 1.54) is 0 Å². The van der Waals surface area contributed by atoms with Gasteiger partial charge in [-0.25, -0.2) is 4.85 Å². The van der Waals surface area contributed by atoms with E-state index in [9.17, 15) is 4.79 Å². The number of guanidine groups is 1. The topological polar surface area (TPSA) is 85.8 Å². The summed E-state index contributed by atoms with van der Waals surface area (Å²) in [6.45, 7) is 7.47. The monoisotopic (exact) mass is 348 g/mol. The lowest BCUT2D eigenvalue weighted by molar-refractivity contribution is 0.100. The highest BCUT2D eigenvalue weighted by Crippen LogP contribution is 2.40. The molecule has 25 heavy (non-hydrogen) atoms. The molecule has 0 radical (unpaired) electrons. The van der Waals surface area contributed by atoms with E-state index >= 15 is 0 Å². The maximum atomic E-state index is 12.1. The van der Waals surface area contributed by atoms with Gasteiger partial charge in [0.15, 0.2) is 11.6 Å². The van der Waals surface area contributed by atoms with Crippen LogP contribution in [0.3, 0.4) is 0 Å². The van der Waals surface area contributed by atoms with E-state index in [-0.39, 0.29) is 5.96 Å². The van der Waals surface area contributed by atoms with E-state index < -0.39 is 5.91 Å². The summed E-state index contributed by atoms with van der Waals surface area (Å²) in [4.78, 5) is 19.3. The molecule has 0 aliphatic heterocycles. The molecule has 0 saturated carbocycles. The fraction of sp³-hybridized carbons (Fsp3) is 0. The minimum absolute atomic E-state index is 0.300. The minimum Gasteiger partial charge on any atom is -0.370 e. The molecular weight excluding hydrogens is 336 g/mol. The molecule has 4 N–H and O–H groups in total. The molecule has 0 aromatic heterocycles. The average Bonchev–Trinajstić information content (AvgIpc) is 2.60. The lowest BCUT2D eigenvalue weighted by Gasteiger charge is -2.12. The van der Waals surface area contributed by atoms with Crippen LogP contribution in [0.5, 0.6) is 0 Å². The van der Waals surface area contributed by atoms with Crippen molar-refractivity contribution in [2.75, 3.05) is 0 Å². The van der Waals surface area contributed by atoms with Gasteiger partial charge in [-0.1, -0.05) is 48.0 Å². The molecule has 1 amide bonds. The molecule has 0 fully saturated rings. The number of fused-ring (bicyclic) bond motifs is 1. The van der Waals surface area contributed by atoms with Crippen molar-refractivity contribution in [3.63, 3.8) is 0 Å². The number of carbonyl (C=O) groups is 1. The largest absolute Gasteiger partial charge is 0.370 e. The summed E-state index contributed by atoms with van der Waals surface area (Å²) in [6.07, 6.45) is 0. The van der Waals surface area contributed by atoms with Crippen LogP contribution < -0.4 is 11.5 Å². The number of nitrogens with two attached hydrogens (primary N) is 2. The van der Waals surface area contributed by atoms with Crippen molar-refractivity contribution in [1.82, 2.24) is 0 Å². The molecule has 6 heteroatoms. The lowest BCUT2D eigenvalue weighted by atomic mass is 9.95. The Balaban J connectivity index is 2.34. The molecule has 0 heterocycles. The Morgan fingerprint density at radius 3 is 2.48 bits per heavy atom. The van der Waals surface area contributed by atoms with E-state index in [0.717, 1.165) is 16.3 Å². The Morgan fingerprint density at radius 2 is 1.80 bits per heavy atom. The zero-order valence-corrected chi connectivity index (χ0v) is 13.8. The van der Waals surface area contributed by atoms with Crippen LogP contribution in [0.15, 0.2) is 59.6 Å². The molecule has 3 aromatic carbocycles. The number of aliphatic imine (C=N–C) groups is 1. The van der Waals surface area contributed by atoms with E-state index in [1.807, 2.05) is 24.3 Å². The number of halogens is 1. The lowest BCUT2D eigenvalue weighted by Crippen LogP contribution is -2.24. The summed E-state index contributed by atoms with van der Waals surface area (Å²) in [5, 5.41) is 2.14. The second-order valence-electron chi connectivity index (χ2n) is 5.33. The van der Waals surface area contributed by atoms with Gasteiger partial charge in [-0.2, -0.15) is 4.99 Å². The van der Waals surface area contributed by atoms with Crippen LogP contribution in [-0.2, 0) is 0 Å². The van der Waals surface area contributed by atoms with Crippen molar-refractivity contribution in [2.24, 2.45) is 16.5 Å². The number of carbonyl (C=O) groups excluding carboxylic acids is 1. The van der Waals surface area contributed by atoms with Crippen molar-refractivity contribution in [2.45, 2.75) is 0 Å². The smallest absolute Gasteiger partial charge is 0.280 e. The van der Waals surface area contributed by atoms with Crippen LogP contribution in [0.25, 0.3) is 26.7 Å². The fourth-order valence-corrected chi connectivity index (χ4v) is 2.89. The molecular formula is C19H13ClN4O. The maximum Gasteiger partial charge on any atom is 0.280 e. The van der Waals surface area contributed by atoms with Gasteiger partial charge in [-0.3, -0.25) is 4.79 Å². The number of hydrogen-bond donors (Lipinski definition) is 2. The van der Waals surface area contributed by atoms with Gasteiger partial charge < -0.3 is 11.5 Å². The summed E-state index contributed by atoms with van der Waals surface area (Å²) >= 11 is 6.33. The van der Waals surface area contributed by atoms with Crippen molar-refractivity contribution >= 4 is 39.9 Å². The van der Waals surface area contributed by atoms with Crippen molar-refractivity contribution in [3.05, 3.63) is 76.6 Å². The summed E-state index contributed by atoms with van der Waals surface area (Å²) in [7, 11) is 0. The van der Waals surface area contributed by atoms with Gasteiger partial charge in [0.25, 0.3) is 5.91 Å². The zero-order chi connectivity index (χ0) is 18.0. The van der Waals surface area contributed by atoms with Crippen LogP contribution >= 0.6 is 11.6 Å². The third-order valence-electron chi connectivity index (χ3n) is 3.74. The molecule has 5 nitrogen and oxygen atoms in total. The predicted molar refractivity (Wildman–Crippen MR) is 101 cm³/mol. The standard InChI is InChI=1S/C19H13ClN4O/c1-23-16-9-8-11-6-7-12(18(25)24-19(21)22)10-14(11)17(16)13-4-2-3-5-15(13)20/h2-10H,(H4,21,22,24,25).